The minimum atomic E-state index is 0.668. The lowest BCUT2D eigenvalue weighted by atomic mass is 9.97. The Hall–Kier alpha value is -4.06. The second kappa shape index (κ2) is 7.89. The number of benzene rings is 2. The summed E-state index contributed by atoms with van der Waals surface area (Å²) in [6.45, 7) is 0. The summed E-state index contributed by atoms with van der Waals surface area (Å²) in [5, 5.41) is 3.39. The first-order valence-corrected chi connectivity index (χ1v) is 11.0. The van der Waals surface area contributed by atoms with Crippen LogP contribution in [0, 0.1) is 0 Å². The van der Waals surface area contributed by atoms with Gasteiger partial charge in [-0.25, -0.2) is 9.97 Å². The molecule has 0 amide bonds. The van der Waals surface area contributed by atoms with Crippen LogP contribution in [0.3, 0.4) is 0 Å². The van der Waals surface area contributed by atoms with Crippen molar-refractivity contribution in [2.45, 2.75) is 25.7 Å². The zero-order chi connectivity index (χ0) is 21.3. The van der Waals surface area contributed by atoms with Gasteiger partial charge in [0.15, 0.2) is 0 Å². The van der Waals surface area contributed by atoms with Gasteiger partial charge < -0.3 is 20.0 Å². The molecule has 0 radical (unpaired) electrons. The Morgan fingerprint density at radius 2 is 1.78 bits per heavy atom. The van der Waals surface area contributed by atoms with Gasteiger partial charge in [-0.3, -0.25) is 0 Å². The predicted molar refractivity (Wildman–Crippen MR) is 128 cm³/mol. The van der Waals surface area contributed by atoms with E-state index in [0.717, 1.165) is 57.8 Å². The number of anilines is 2. The Bertz CT molecular complexity index is 1430. The Labute approximate surface area is 185 Å². The number of imidazole rings is 1. The smallest absolute Gasteiger partial charge is 0.205 e. The molecule has 0 atom stereocenters. The molecule has 3 heterocycles. The van der Waals surface area contributed by atoms with E-state index in [2.05, 4.69) is 33.5 Å². The highest BCUT2D eigenvalue weighted by atomic mass is 16.5. The van der Waals surface area contributed by atoms with Crippen molar-refractivity contribution in [2.75, 3.05) is 5.32 Å². The first-order valence-electron chi connectivity index (χ1n) is 11.0. The summed E-state index contributed by atoms with van der Waals surface area (Å²) in [6.07, 6.45) is 9.01. The molecule has 5 aromatic rings. The van der Waals surface area contributed by atoms with Gasteiger partial charge in [-0.15, -0.1) is 0 Å². The lowest BCUT2D eigenvalue weighted by molar-refractivity contribution is 0.483. The molecule has 0 aliphatic heterocycles. The first-order chi connectivity index (χ1) is 15.8. The zero-order valence-corrected chi connectivity index (χ0v) is 17.6. The van der Waals surface area contributed by atoms with Gasteiger partial charge in [0.05, 0.1) is 27.9 Å². The maximum absolute atomic E-state index is 5.94. The van der Waals surface area contributed by atoms with Crippen LogP contribution in [0.15, 0.2) is 72.9 Å². The quantitative estimate of drug-likeness (QED) is 0.287. The standard InChI is InChI=1S/C26H23N5O/c1-3-7-17(8-4-1)20-13-14-22-25(28-20)24(16-27-22)31-26-29-21-12-11-19(15-23(21)30-26)32-18-9-5-2-6-10-18/h2,5-7,9-16,27H,1,3-4,8H2,(H2,29,30,31). The van der Waals surface area contributed by atoms with Crippen molar-refractivity contribution in [1.29, 1.82) is 0 Å². The van der Waals surface area contributed by atoms with Gasteiger partial charge in [-0.05, 0) is 67.7 Å². The molecular formula is C26H23N5O. The molecule has 2 aromatic carbocycles. The maximum atomic E-state index is 5.94. The van der Waals surface area contributed by atoms with Crippen LogP contribution < -0.4 is 10.1 Å². The van der Waals surface area contributed by atoms with E-state index < -0.39 is 0 Å². The minimum Gasteiger partial charge on any atom is -0.457 e. The van der Waals surface area contributed by atoms with Crippen LogP contribution in [-0.4, -0.2) is 19.9 Å². The Morgan fingerprint density at radius 1 is 0.875 bits per heavy atom. The van der Waals surface area contributed by atoms with Crippen LogP contribution in [0.2, 0.25) is 0 Å². The second-order valence-electron chi connectivity index (χ2n) is 8.07. The molecule has 6 heteroatoms. The van der Waals surface area contributed by atoms with Crippen LogP contribution in [0.5, 0.6) is 11.5 Å². The van der Waals surface area contributed by atoms with Crippen molar-refractivity contribution in [3.8, 4) is 11.5 Å². The summed E-state index contributed by atoms with van der Waals surface area (Å²) in [4.78, 5) is 16.3. The highest BCUT2D eigenvalue weighted by molar-refractivity contribution is 5.92. The summed E-state index contributed by atoms with van der Waals surface area (Å²) in [5.41, 5.74) is 7.01. The fourth-order valence-corrected chi connectivity index (χ4v) is 4.20. The predicted octanol–water partition coefficient (Wildman–Crippen LogP) is 6.93. The van der Waals surface area contributed by atoms with Gasteiger partial charge in [0.2, 0.25) is 5.95 Å². The number of pyridine rings is 1. The van der Waals surface area contributed by atoms with Crippen molar-refractivity contribution in [3.63, 3.8) is 0 Å². The summed E-state index contributed by atoms with van der Waals surface area (Å²) in [7, 11) is 0. The molecule has 3 N–H and O–H groups in total. The van der Waals surface area contributed by atoms with Crippen LogP contribution in [-0.2, 0) is 0 Å². The Balaban J connectivity index is 1.28. The number of fused-ring (bicyclic) bond motifs is 2. The zero-order valence-electron chi connectivity index (χ0n) is 17.6. The van der Waals surface area contributed by atoms with Crippen LogP contribution in [0.4, 0.5) is 11.6 Å². The van der Waals surface area contributed by atoms with Gasteiger partial charge in [0, 0.05) is 12.3 Å². The second-order valence-corrected chi connectivity index (χ2v) is 8.07. The van der Waals surface area contributed by atoms with E-state index in [9.17, 15) is 0 Å². The third kappa shape index (κ3) is 3.60. The molecule has 6 rings (SSSR count). The van der Waals surface area contributed by atoms with Crippen LogP contribution in [0.25, 0.3) is 27.6 Å². The van der Waals surface area contributed by atoms with Crippen molar-refractivity contribution >= 4 is 39.3 Å². The molecule has 0 fully saturated rings. The van der Waals surface area contributed by atoms with Crippen molar-refractivity contribution in [1.82, 2.24) is 19.9 Å². The fraction of sp³-hybridized carbons (Fsp3) is 0.154. The van der Waals surface area contributed by atoms with E-state index in [4.69, 9.17) is 14.7 Å². The number of hydrogen-bond donors (Lipinski definition) is 3. The number of hydrogen-bond acceptors (Lipinski definition) is 4. The molecule has 0 unspecified atom stereocenters. The fourth-order valence-electron chi connectivity index (χ4n) is 4.20. The molecule has 0 saturated carbocycles. The van der Waals surface area contributed by atoms with Crippen LogP contribution >= 0.6 is 0 Å². The van der Waals surface area contributed by atoms with Gasteiger partial charge in [0.1, 0.15) is 17.0 Å². The number of H-pyrrole nitrogens is 2. The SMILES string of the molecule is C1=C(c2ccc3[nH]cc(Nc4nc5cc(Oc6ccccc6)ccc5[nH]4)c3n2)CCCC1. The number of aromatic amines is 2. The average Bonchev–Trinajstić information content (AvgIpc) is 3.43. The van der Waals surface area contributed by atoms with E-state index in [1.165, 1.54) is 18.4 Å². The number of nitrogens with zero attached hydrogens (tertiary/aromatic N) is 2. The summed E-state index contributed by atoms with van der Waals surface area (Å²) >= 11 is 0. The number of nitrogens with one attached hydrogen (secondary N) is 3. The van der Waals surface area contributed by atoms with Gasteiger partial charge in [0.25, 0.3) is 0 Å². The third-order valence-corrected chi connectivity index (χ3v) is 5.83. The average molecular weight is 422 g/mol. The maximum Gasteiger partial charge on any atom is 0.205 e. The molecule has 1 aliphatic carbocycles. The highest BCUT2D eigenvalue weighted by Crippen LogP contribution is 2.31. The topological polar surface area (TPSA) is 78.6 Å². The third-order valence-electron chi connectivity index (χ3n) is 5.83. The lowest BCUT2D eigenvalue weighted by Crippen LogP contribution is -1.96. The van der Waals surface area contributed by atoms with Gasteiger partial charge in [-0.2, -0.15) is 0 Å². The summed E-state index contributed by atoms with van der Waals surface area (Å²) in [6, 6.07) is 19.8. The molecule has 6 nitrogen and oxygen atoms in total. The summed E-state index contributed by atoms with van der Waals surface area (Å²) < 4.78 is 5.94. The van der Waals surface area contributed by atoms with E-state index in [-0.39, 0.29) is 0 Å². The normalized spacial score (nSPS) is 13.9. The Morgan fingerprint density at radius 3 is 2.66 bits per heavy atom. The van der Waals surface area contributed by atoms with E-state index in [0.29, 0.717) is 5.95 Å². The Kier molecular flexibility index (Phi) is 4.61. The first kappa shape index (κ1) is 18.7. The monoisotopic (exact) mass is 421 g/mol. The molecule has 0 spiro atoms. The summed E-state index contributed by atoms with van der Waals surface area (Å²) in [5.74, 6) is 2.22. The van der Waals surface area contributed by atoms with E-state index in [1.807, 2.05) is 54.7 Å². The molecule has 0 saturated heterocycles. The van der Waals surface area contributed by atoms with E-state index >= 15 is 0 Å². The van der Waals surface area contributed by atoms with Crippen molar-refractivity contribution < 1.29 is 4.74 Å². The number of allylic oxidation sites excluding steroid dienone is 2. The molecular weight excluding hydrogens is 398 g/mol. The highest BCUT2D eigenvalue weighted by Gasteiger charge is 2.13. The number of rotatable bonds is 5. The van der Waals surface area contributed by atoms with Gasteiger partial charge >= 0.3 is 0 Å². The molecule has 1 aliphatic rings. The van der Waals surface area contributed by atoms with Crippen molar-refractivity contribution in [2.24, 2.45) is 0 Å². The van der Waals surface area contributed by atoms with Gasteiger partial charge in [-0.1, -0.05) is 24.3 Å². The molecule has 158 valence electrons. The molecule has 0 bridgehead atoms. The van der Waals surface area contributed by atoms with Crippen molar-refractivity contribution in [3.05, 3.63) is 78.6 Å². The molecule has 32 heavy (non-hydrogen) atoms. The van der Waals surface area contributed by atoms with Crippen LogP contribution in [0.1, 0.15) is 31.4 Å². The number of aromatic nitrogens is 4. The lowest BCUT2D eigenvalue weighted by Gasteiger charge is -2.12. The molecule has 3 aromatic heterocycles. The minimum absolute atomic E-state index is 0.668. The number of para-hydroxylation sites is 1. The number of ether oxygens (including phenoxy) is 1. The largest absolute Gasteiger partial charge is 0.457 e. The van der Waals surface area contributed by atoms with E-state index in [1.54, 1.807) is 0 Å².